The van der Waals surface area contributed by atoms with Gasteiger partial charge in [-0.05, 0) is 43.3 Å². The van der Waals surface area contributed by atoms with Crippen LogP contribution in [0.2, 0.25) is 0 Å². The quantitative estimate of drug-likeness (QED) is 0.844. The molecule has 1 N–H and O–H groups in total. The van der Waals surface area contributed by atoms with E-state index < -0.39 is 0 Å². The van der Waals surface area contributed by atoms with Crippen molar-refractivity contribution in [3.05, 3.63) is 24.3 Å². The molecule has 1 aromatic carbocycles. The van der Waals surface area contributed by atoms with E-state index >= 15 is 0 Å². The fourth-order valence-corrected chi connectivity index (χ4v) is 2.49. The van der Waals surface area contributed by atoms with Gasteiger partial charge in [0.1, 0.15) is 11.4 Å². The molecule has 0 spiro atoms. The topological polar surface area (TPSA) is 81.9 Å². The smallest absolute Gasteiger partial charge is 0.230 e. The van der Waals surface area contributed by atoms with Gasteiger partial charge in [0.05, 0.1) is 12.9 Å². The van der Waals surface area contributed by atoms with Gasteiger partial charge < -0.3 is 10.1 Å². The van der Waals surface area contributed by atoms with E-state index in [1.54, 1.807) is 11.8 Å². The number of hydrogen-bond donors (Lipinski definition) is 1. The fourth-order valence-electron chi connectivity index (χ4n) is 1.81. The third kappa shape index (κ3) is 4.20. The largest absolute Gasteiger partial charge is 0.494 e. The van der Waals surface area contributed by atoms with Crippen LogP contribution in [0.1, 0.15) is 20.8 Å². The summed E-state index contributed by atoms with van der Waals surface area (Å²) >= 11 is 1.28. The van der Waals surface area contributed by atoms with Crippen LogP contribution in [-0.4, -0.2) is 44.5 Å². The van der Waals surface area contributed by atoms with Gasteiger partial charge >= 0.3 is 0 Å². The third-order valence-corrected chi connectivity index (χ3v) is 3.52. The molecule has 0 aliphatic carbocycles. The maximum Gasteiger partial charge on any atom is 0.230 e. The lowest BCUT2D eigenvalue weighted by Crippen LogP contribution is -2.41. The van der Waals surface area contributed by atoms with E-state index in [1.165, 1.54) is 11.8 Å². The summed E-state index contributed by atoms with van der Waals surface area (Å²) in [5.74, 6) is 0.843. The first-order valence-electron chi connectivity index (χ1n) is 6.76. The van der Waals surface area contributed by atoms with Crippen molar-refractivity contribution in [2.75, 3.05) is 12.9 Å². The van der Waals surface area contributed by atoms with Crippen LogP contribution in [0.25, 0.3) is 5.69 Å². The molecule has 1 heterocycles. The Labute approximate surface area is 133 Å². The van der Waals surface area contributed by atoms with E-state index in [2.05, 4.69) is 20.8 Å². The number of hydrogen-bond acceptors (Lipinski definition) is 6. The number of ether oxygens (including phenoxy) is 1. The minimum Gasteiger partial charge on any atom is -0.494 e. The van der Waals surface area contributed by atoms with Crippen molar-refractivity contribution in [3.8, 4) is 11.4 Å². The predicted molar refractivity (Wildman–Crippen MR) is 84.3 cm³/mol. The number of tetrazole rings is 1. The van der Waals surface area contributed by atoms with Gasteiger partial charge in [-0.25, -0.2) is 0 Å². The average molecular weight is 321 g/mol. The van der Waals surface area contributed by atoms with Crippen molar-refractivity contribution in [1.29, 1.82) is 0 Å². The minimum atomic E-state index is -0.258. The molecule has 0 radical (unpaired) electrons. The zero-order valence-electron chi connectivity index (χ0n) is 13.0. The highest BCUT2D eigenvalue weighted by molar-refractivity contribution is 7.99. The van der Waals surface area contributed by atoms with E-state index in [4.69, 9.17) is 4.74 Å². The summed E-state index contributed by atoms with van der Waals surface area (Å²) in [5, 5.41) is 15.1. The first-order valence-corrected chi connectivity index (χ1v) is 7.75. The van der Waals surface area contributed by atoms with Gasteiger partial charge in [0, 0.05) is 5.54 Å². The molecule has 0 fully saturated rings. The first-order chi connectivity index (χ1) is 10.4. The normalized spacial score (nSPS) is 11.3. The van der Waals surface area contributed by atoms with Crippen LogP contribution < -0.4 is 10.1 Å². The van der Waals surface area contributed by atoms with E-state index in [-0.39, 0.29) is 17.2 Å². The summed E-state index contributed by atoms with van der Waals surface area (Å²) in [7, 11) is 1.59. The Bertz CT molecular complexity index is 651. The lowest BCUT2D eigenvalue weighted by molar-refractivity contribution is -0.119. The molecule has 118 valence electrons. The van der Waals surface area contributed by atoms with Crippen LogP contribution in [0, 0.1) is 0 Å². The molecule has 0 aliphatic rings. The Morgan fingerprint density at radius 1 is 1.36 bits per heavy atom. The average Bonchev–Trinajstić information content (AvgIpc) is 2.91. The Hall–Kier alpha value is -2.09. The second-order valence-electron chi connectivity index (χ2n) is 5.63. The highest BCUT2D eigenvalue weighted by Crippen LogP contribution is 2.25. The molecule has 0 aliphatic heterocycles. The van der Waals surface area contributed by atoms with Gasteiger partial charge in [-0.2, -0.15) is 4.68 Å². The molecule has 1 amide bonds. The summed E-state index contributed by atoms with van der Waals surface area (Å²) in [6.45, 7) is 5.82. The molecule has 7 nitrogen and oxygen atoms in total. The predicted octanol–water partition coefficient (Wildman–Crippen LogP) is 1.68. The van der Waals surface area contributed by atoms with Crippen LogP contribution in [0.5, 0.6) is 5.75 Å². The van der Waals surface area contributed by atoms with E-state index in [0.717, 1.165) is 5.69 Å². The summed E-state index contributed by atoms with van der Waals surface area (Å²) < 4.78 is 6.87. The van der Waals surface area contributed by atoms with Crippen LogP contribution in [0.4, 0.5) is 0 Å². The summed E-state index contributed by atoms with van der Waals surface area (Å²) in [5.41, 5.74) is 0.473. The first kappa shape index (κ1) is 16.3. The number of nitrogens with zero attached hydrogens (tertiary/aromatic N) is 4. The number of carbonyl (C=O) groups excluding carboxylic acids is 1. The molecule has 22 heavy (non-hydrogen) atoms. The molecule has 2 aromatic rings. The number of methoxy groups -OCH3 is 1. The van der Waals surface area contributed by atoms with Gasteiger partial charge in [-0.1, -0.05) is 23.9 Å². The fraction of sp³-hybridized carbons (Fsp3) is 0.429. The molecule has 0 bridgehead atoms. The standard InChI is InChI=1S/C14H19N5O2S/c1-14(2,3)15-12(20)9-22-13-16-17-18-19(13)10-7-5-6-8-11(10)21-4/h5-8H,9H2,1-4H3,(H,15,20). The number of para-hydroxylation sites is 2. The molecule has 0 saturated heterocycles. The molecule has 2 rings (SSSR count). The van der Waals surface area contributed by atoms with Crippen molar-refractivity contribution in [3.63, 3.8) is 0 Å². The van der Waals surface area contributed by atoms with Crippen molar-refractivity contribution < 1.29 is 9.53 Å². The highest BCUT2D eigenvalue weighted by atomic mass is 32.2. The Morgan fingerprint density at radius 2 is 2.09 bits per heavy atom. The van der Waals surface area contributed by atoms with E-state index in [0.29, 0.717) is 10.9 Å². The highest BCUT2D eigenvalue weighted by Gasteiger charge is 2.17. The molecule has 0 unspecified atom stereocenters. The number of benzene rings is 1. The van der Waals surface area contributed by atoms with Gasteiger partial charge in [0.15, 0.2) is 0 Å². The lowest BCUT2D eigenvalue weighted by Gasteiger charge is -2.20. The second-order valence-corrected chi connectivity index (χ2v) is 6.57. The summed E-state index contributed by atoms with van der Waals surface area (Å²) in [6.07, 6.45) is 0. The zero-order chi connectivity index (χ0) is 16.2. The Kier molecular flexibility index (Phi) is 5.02. The van der Waals surface area contributed by atoms with Crippen LogP contribution >= 0.6 is 11.8 Å². The van der Waals surface area contributed by atoms with Crippen molar-refractivity contribution in [1.82, 2.24) is 25.5 Å². The third-order valence-electron chi connectivity index (χ3n) is 2.60. The molecule has 1 aromatic heterocycles. The Morgan fingerprint density at radius 3 is 2.77 bits per heavy atom. The number of thioether (sulfide) groups is 1. The van der Waals surface area contributed by atoms with Crippen molar-refractivity contribution in [2.24, 2.45) is 0 Å². The number of nitrogens with one attached hydrogen (secondary N) is 1. The van der Waals surface area contributed by atoms with Crippen molar-refractivity contribution in [2.45, 2.75) is 31.5 Å². The maximum atomic E-state index is 11.9. The second kappa shape index (κ2) is 6.78. The SMILES string of the molecule is COc1ccccc1-n1nnnc1SCC(=O)NC(C)(C)C. The van der Waals surface area contributed by atoms with E-state index in [9.17, 15) is 4.79 Å². The monoisotopic (exact) mass is 321 g/mol. The number of aromatic nitrogens is 4. The lowest BCUT2D eigenvalue weighted by atomic mass is 10.1. The zero-order valence-corrected chi connectivity index (χ0v) is 13.8. The molecular weight excluding hydrogens is 302 g/mol. The van der Waals surface area contributed by atoms with Crippen LogP contribution in [-0.2, 0) is 4.79 Å². The minimum absolute atomic E-state index is 0.0629. The maximum absolute atomic E-state index is 11.9. The molecule has 0 saturated carbocycles. The van der Waals surface area contributed by atoms with Gasteiger partial charge in [0.25, 0.3) is 0 Å². The molecule has 8 heteroatoms. The number of carbonyl (C=O) groups is 1. The molecule has 0 atom stereocenters. The van der Waals surface area contributed by atoms with Gasteiger partial charge in [-0.3, -0.25) is 4.79 Å². The van der Waals surface area contributed by atoms with Gasteiger partial charge in [-0.15, -0.1) is 5.10 Å². The van der Waals surface area contributed by atoms with Crippen LogP contribution in [0.3, 0.4) is 0 Å². The number of rotatable bonds is 5. The summed E-state index contributed by atoms with van der Waals surface area (Å²) in [6, 6.07) is 7.43. The van der Waals surface area contributed by atoms with E-state index in [1.807, 2.05) is 45.0 Å². The Balaban J connectivity index is 2.12. The molecular formula is C14H19N5O2S. The van der Waals surface area contributed by atoms with Gasteiger partial charge in [0.2, 0.25) is 11.1 Å². The number of amides is 1. The van der Waals surface area contributed by atoms with Crippen molar-refractivity contribution >= 4 is 17.7 Å². The van der Waals surface area contributed by atoms with Crippen LogP contribution in [0.15, 0.2) is 29.4 Å². The summed E-state index contributed by atoms with van der Waals surface area (Å²) in [4.78, 5) is 11.9.